The second-order valence-corrected chi connectivity index (χ2v) is 6.61. The van der Waals surface area contributed by atoms with Gasteiger partial charge in [-0.1, -0.05) is 19.1 Å². The van der Waals surface area contributed by atoms with Crippen LogP contribution in [0.2, 0.25) is 0 Å². The van der Waals surface area contributed by atoms with Gasteiger partial charge in [-0.2, -0.15) is 0 Å². The first-order chi connectivity index (χ1) is 9.82. The third-order valence-electron chi connectivity index (χ3n) is 2.99. The lowest BCUT2D eigenvalue weighted by Gasteiger charge is -2.11. The van der Waals surface area contributed by atoms with Crippen molar-refractivity contribution in [2.24, 2.45) is 11.1 Å². The molecule has 1 amide bonds. The van der Waals surface area contributed by atoms with Crippen LogP contribution >= 0.6 is 0 Å². The summed E-state index contributed by atoms with van der Waals surface area (Å²) in [4.78, 5) is 11.8. The van der Waals surface area contributed by atoms with Crippen molar-refractivity contribution in [3.05, 3.63) is 29.8 Å². The Balaban J connectivity index is 2.40. The Kier molecular flexibility index (Phi) is 6.80. The van der Waals surface area contributed by atoms with E-state index in [4.69, 9.17) is 9.88 Å². The molecule has 1 aromatic rings. The Hall–Kier alpha value is -1.44. The number of aryl methyl sites for hydroxylation is 1. The molecule has 3 N–H and O–H groups in total. The van der Waals surface area contributed by atoms with Crippen LogP contribution in [0.15, 0.2) is 29.2 Å². The molecule has 0 aromatic heterocycles. The highest BCUT2D eigenvalue weighted by Crippen LogP contribution is 2.10. The molecule has 0 aliphatic rings. The molecule has 6 nitrogen and oxygen atoms in total. The zero-order valence-electron chi connectivity index (χ0n) is 12.3. The minimum atomic E-state index is -3.67. The van der Waals surface area contributed by atoms with Crippen molar-refractivity contribution >= 4 is 15.9 Å². The first kappa shape index (κ1) is 17.6. The number of hydrogen-bond acceptors (Lipinski definition) is 4. The molecular weight excluding hydrogens is 292 g/mol. The maximum atomic E-state index is 11.7. The second kappa shape index (κ2) is 8.11. The zero-order chi connectivity index (χ0) is 15.9. The summed E-state index contributed by atoms with van der Waals surface area (Å²) in [6, 6.07) is 6.23. The number of methoxy groups -OCH3 is 1. The van der Waals surface area contributed by atoms with Crippen molar-refractivity contribution in [3.63, 3.8) is 0 Å². The zero-order valence-corrected chi connectivity index (χ0v) is 13.2. The van der Waals surface area contributed by atoms with E-state index in [2.05, 4.69) is 5.32 Å². The van der Waals surface area contributed by atoms with E-state index in [-0.39, 0.29) is 16.7 Å². The summed E-state index contributed by atoms with van der Waals surface area (Å²) in [5, 5.41) is 7.86. The van der Waals surface area contributed by atoms with Gasteiger partial charge in [0.2, 0.25) is 15.9 Å². The predicted molar refractivity (Wildman–Crippen MR) is 80.2 cm³/mol. The van der Waals surface area contributed by atoms with E-state index in [1.165, 1.54) is 12.1 Å². The number of amides is 1. The minimum absolute atomic E-state index is 0.0338. The Bertz CT molecular complexity index is 555. The van der Waals surface area contributed by atoms with Gasteiger partial charge in [-0.3, -0.25) is 4.79 Å². The molecule has 1 unspecified atom stereocenters. The summed E-state index contributed by atoms with van der Waals surface area (Å²) in [5.74, 6) is 0.237. The highest BCUT2D eigenvalue weighted by atomic mass is 32.2. The van der Waals surface area contributed by atoms with Gasteiger partial charge >= 0.3 is 0 Å². The molecule has 0 spiro atoms. The number of carbonyl (C=O) groups excluding carboxylic acids is 1. The van der Waals surface area contributed by atoms with Gasteiger partial charge in [0, 0.05) is 20.1 Å². The monoisotopic (exact) mass is 314 g/mol. The SMILES string of the molecule is COCC(C)CNC(=O)CCc1ccc(S(N)(=O)=O)cc1. The van der Waals surface area contributed by atoms with Crippen molar-refractivity contribution in [2.45, 2.75) is 24.7 Å². The number of benzene rings is 1. The van der Waals surface area contributed by atoms with Crippen LogP contribution in [0.3, 0.4) is 0 Å². The van der Waals surface area contributed by atoms with E-state index in [0.29, 0.717) is 26.0 Å². The quantitative estimate of drug-likeness (QED) is 0.736. The van der Waals surface area contributed by atoms with Gasteiger partial charge in [-0.15, -0.1) is 0 Å². The molecular formula is C14H22N2O4S. The maximum Gasteiger partial charge on any atom is 0.238 e. The van der Waals surface area contributed by atoms with Crippen LogP contribution in [0.1, 0.15) is 18.9 Å². The van der Waals surface area contributed by atoms with Crippen LogP contribution in [0.5, 0.6) is 0 Å². The summed E-state index contributed by atoms with van der Waals surface area (Å²) < 4.78 is 27.2. The number of nitrogens with two attached hydrogens (primary N) is 1. The van der Waals surface area contributed by atoms with Crippen molar-refractivity contribution < 1.29 is 17.9 Å². The van der Waals surface area contributed by atoms with Gasteiger partial charge in [-0.25, -0.2) is 13.6 Å². The van der Waals surface area contributed by atoms with Crippen molar-refractivity contribution in [1.82, 2.24) is 5.32 Å². The molecule has 0 saturated heterocycles. The van der Waals surface area contributed by atoms with Crippen LogP contribution in [-0.2, 0) is 26.0 Å². The summed E-state index contributed by atoms with van der Waals surface area (Å²) in [5.41, 5.74) is 0.891. The van der Waals surface area contributed by atoms with Crippen LogP contribution in [0.4, 0.5) is 0 Å². The fourth-order valence-corrected chi connectivity index (χ4v) is 2.34. The normalized spacial score (nSPS) is 12.9. The van der Waals surface area contributed by atoms with Gasteiger partial charge in [0.15, 0.2) is 0 Å². The number of ether oxygens (including phenoxy) is 1. The first-order valence-corrected chi connectivity index (χ1v) is 8.25. The second-order valence-electron chi connectivity index (χ2n) is 5.05. The van der Waals surface area contributed by atoms with Gasteiger partial charge < -0.3 is 10.1 Å². The summed E-state index contributed by atoms with van der Waals surface area (Å²) >= 11 is 0. The lowest BCUT2D eigenvalue weighted by atomic mass is 10.1. The van der Waals surface area contributed by atoms with Gasteiger partial charge in [0.25, 0.3) is 0 Å². The summed E-state index contributed by atoms with van der Waals surface area (Å²) in [6.45, 7) is 3.18. The average molecular weight is 314 g/mol. The molecule has 1 aromatic carbocycles. The van der Waals surface area contributed by atoms with Crippen molar-refractivity contribution in [1.29, 1.82) is 0 Å². The molecule has 21 heavy (non-hydrogen) atoms. The molecule has 0 bridgehead atoms. The molecule has 1 atom stereocenters. The number of rotatable bonds is 8. The molecule has 0 heterocycles. The molecule has 0 aliphatic heterocycles. The minimum Gasteiger partial charge on any atom is -0.384 e. The van der Waals surface area contributed by atoms with Crippen LogP contribution in [0.25, 0.3) is 0 Å². The van der Waals surface area contributed by atoms with Crippen molar-refractivity contribution in [2.75, 3.05) is 20.3 Å². The van der Waals surface area contributed by atoms with Crippen LogP contribution in [-0.4, -0.2) is 34.6 Å². The standard InChI is InChI=1S/C14H22N2O4S/c1-11(10-20-2)9-16-14(17)8-5-12-3-6-13(7-4-12)21(15,18)19/h3-4,6-7,11H,5,8-10H2,1-2H3,(H,16,17)(H2,15,18,19). The third kappa shape index (κ3) is 6.70. The molecule has 0 saturated carbocycles. The molecule has 118 valence electrons. The van der Waals surface area contributed by atoms with E-state index in [1.807, 2.05) is 6.92 Å². The van der Waals surface area contributed by atoms with E-state index >= 15 is 0 Å². The van der Waals surface area contributed by atoms with Gasteiger partial charge in [0.1, 0.15) is 0 Å². The summed E-state index contributed by atoms with van der Waals surface area (Å²) in [6.07, 6.45) is 0.907. The van der Waals surface area contributed by atoms with Gasteiger partial charge in [-0.05, 0) is 30.0 Å². The Morgan fingerprint density at radius 1 is 1.33 bits per heavy atom. The summed E-state index contributed by atoms with van der Waals surface area (Å²) in [7, 11) is -2.04. The lowest BCUT2D eigenvalue weighted by Crippen LogP contribution is -2.30. The Morgan fingerprint density at radius 3 is 2.48 bits per heavy atom. The lowest BCUT2D eigenvalue weighted by molar-refractivity contribution is -0.121. The van der Waals surface area contributed by atoms with E-state index in [0.717, 1.165) is 5.56 Å². The molecule has 0 aliphatic carbocycles. The number of hydrogen-bond donors (Lipinski definition) is 2. The van der Waals surface area contributed by atoms with Crippen LogP contribution in [0, 0.1) is 5.92 Å². The largest absolute Gasteiger partial charge is 0.384 e. The van der Waals surface area contributed by atoms with Crippen LogP contribution < -0.4 is 10.5 Å². The fourth-order valence-electron chi connectivity index (χ4n) is 1.82. The maximum absolute atomic E-state index is 11.7. The molecule has 0 radical (unpaired) electrons. The van der Waals surface area contributed by atoms with E-state index in [9.17, 15) is 13.2 Å². The van der Waals surface area contributed by atoms with E-state index < -0.39 is 10.0 Å². The first-order valence-electron chi connectivity index (χ1n) is 6.70. The Morgan fingerprint density at radius 2 is 1.95 bits per heavy atom. The smallest absolute Gasteiger partial charge is 0.238 e. The highest BCUT2D eigenvalue weighted by molar-refractivity contribution is 7.89. The van der Waals surface area contributed by atoms with Gasteiger partial charge in [0.05, 0.1) is 11.5 Å². The number of sulfonamides is 1. The predicted octanol–water partition coefficient (Wildman–Crippen LogP) is 0.665. The number of primary sulfonamides is 1. The topological polar surface area (TPSA) is 98.5 Å². The molecule has 0 fully saturated rings. The number of carbonyl (C=O) groups is 1. The molecule has 7 heteroatoms. The van der Waals surface area contributed by atoms with Crippen molar-refractivity contribution in [3.8, 4) is 0 Å². The third-order valence-corrected chi connectivity index (χ3v) is 3.92. The molecule has 1 rings (SSSR count). The van der Waals surface area contributed by atoms with E-state index in [1.54, 1.807) is 19.2 Å². The highest BCUT2D eigenvalue weighted by Gasteiger charge is 2.08. The number of nitrogens with one attached hydrogen (secondary N) is 1. The average Bonchev–Trinajstić information content (AvgIpc) is 2.43. The Labute approximate surface area is 125 Å². The fraction of sp³-hybridized carbons (Fsp3) is 0.500.